The van der Waals surface area contributed by atoms with Crippen LogP contribution >= 0.6 is 0 Å². The molecule has 0 saturated heterocycles. The number of aliphatic hydroxyl groups is 1. The maximum atomic E-state index is 10.8. The zero-order valence-corrected chi connectivity index (χ0v) is 9.76. The van der Waals surface area contributed by atoms with Crippen LogP contribution in [0, 0.1) is 5.92 Å². The SMILES string of the molecule is NCC(O)(c1cccc2ccccc12)C1CC1. The van der Waals surface area contributed by atoms with Crippen molar-refractivity contribution in [1.29, 1.82) is 0 Å². The summed E-state index contributed by atoms with van der Waals surface area (Å²) >= 11 is 0. The highest BCUT2D eigenvalue weighted by Crippen LogP contribution is 2.46. The van der Waals surface area contributed by atoms with E-state index in [1.54, 1.807) is 0 Å². The summed E-state index contributed by atoms with van der Waals surface area (Å²) in [5, 5.41) is 13.1. The van der Waals surface area contributed by atoms with E-state index in [0.717, 1.165) is 29.2 Å². The van der Waals surface area contributed by atoms with Gasteiger partial charge in [-0.3, -0.25) is 0 Å². The first-order valence-corrected chi connectivity index (χ1v) is 6.16. The highest BCUT2D eigenvalue weighted by Gasteiger charge is 2.44. The molecule has 0 bridgehead atoms. The third-order valence-electron chi connectivity index (χ3n) is 3.82. The molecule has 0 aliphatic heterocycles. The Morgan fingerprint density at radius 1 is 1.12 bits per heavy atom. The molecule has 2 nitrogen and oxygen atoms in total. The monoisotopic (exact) mass is 227 g/mol. The molecule has 3 N–H and O–H groups in total. The van der Waals surface area contributed by atoms with Crippen molar-refractivity contribution in [3.63, 3.8) is 0 Å². The standard InChI is InChI=1S/C15H17NO/c16-10-15(17,12-8-9-12)14-7-3-5-11-4-1-2-6-13(11)14/h1-7,12,17H,8-10,16H2. The van der Waals surface area contributed by atoms with Crippen LogP contribution in [0.5, 0.6) is 0 Å². The van der Waals surface area contributed by atoms with Gasteiger partial charge in [0, 0.05) is 6.54 Å². The van der Waals surface area contributed by atoms with Gasteiger partial charge in [-0.1, -0.05) is 42.5 Å². The maximum absolute atomic E-state index is 10.8. The van der Waals surface area contributed by atoms with Gasteiger partial charge in [0.05, 0.1) is 0 Å². The number of rotatable bonds is 3. The summed E-state index contributed by atoms with van der Waals surface area (Å²) in [7, 11) is 0. The van der Waals surface area contributed by atoms with Crippen LogP contribution in [0.15, 0.2) is 42.5 Å². The molecule has 1 saturated carbocycles. The second-order valence-electron chi connectivity index (χ2n) is 4.93. The molecule has 2 aromatic carbocycles. The van der Waals surface area contributed by atoms with Crippen molar-refractivity contribution >= 4 is 10.8 Å². The first kappa shape index (κ1) is 10.8. The summed E-state index contributed by atoms with van der Waals surface area (Å²) in [6.45, 7) is 0.297. The second kappa shape index (κ2) is 3.83. The van der Waals surface area contributed by atoms with Crippen LogP contribution in [-0.4, -0.2) is 11.7 Å². The van der Waals surface area contributed by atoms with Gasteiger partial charge in [0.25, 0.3) is 0 Å². The van der Waals surface area contributed by atoms with Gasteiger partial charge in [0.2, 0.25) is 0 Å². The molecule has 2 heteroatoms. The Morgan fingerprint density at radius 2 is 1.82 bits per heavy atom. The van der Waals surface area contributed by atoms with Crippen molar-refractivity contribution in [2.45, 2.75) is 18.4 Å². The lowest BCUT2D eigenvalue weighted by atomic mass is 9.85. The molecular formula is C15H17NO. The molecule has 0 amide bonds. The topological polar surface area (TPSA) is 46.2 Å². The second-order valence-corrected chi connectivity index (χ2v) is 4.93. The molecule has 0 radical (unpaired) electrons. The number of benzene rings is 2. The lowest BCUT2D eigenvalue weighted by Crippen LogP contribution is -2.37. The van der Waals surface area contributed by atoms with Crippen LogP contribution in [0.25, 0.3) is 10.8 Å². The Labute approximate surface area is 101 Å². The van der Waals surface area contributed by atoms with Crippen LogP contribution in [0.3, 0.4) is 0 Å². The van der Waals surface area contributed by atoms with E-state index in [2.05, 4.69) is 18.2 Å². The van der Waals surface area contributed by atoms with Crippen LogP contribution < -0.4 is 5.73 Å². The third-order valence-corrected chi connectivity index (χ3v) is 3.82. The zero-order valence-electron chi connectivity index (χ0n) is 9.76. The molecule has 1 aliphatic carbocycles. The minimum atomic E-state index is -0.846. The largest absolute Gasteiger partial charge is 0.384 e. The van der Waals surface area contributed by atoms with Gasteiger partial charge in [-0.05, 0) is 35.1 Å². The molecule has 1 aliphatic rings. The number of fused-ring (bicyclic) bond motifs is 1. The van der Waals surface area contributed by atoms with E-state index in [4.69, 9.17) is 5.73 Å². The first-order chi connectivity index (χ1) is 8.25. The molecule has 17 heavy (non-hydrogen) atoms. The highest BCUT2D eigenvalue weighted by atomic mass is 16.3. The van der Waals surface area contributed by atoms with Gasteiger partial charge in [0.15, 0.2) is 0 Å². The lowest BCUT2D eigenvalue weighted by molar-refractivity contribution is 0.0237. The van der Waals surface area contributed by atoms with Crippen LogP contribution in [0.4, 0.5) is 0 Å². The zero-order chi connectivity index (χ0) is 11.9. The summed E-state index contributed by atoms with van der Waals surface area (Å²) in [4.78, 5) is 0. The molecule has 3 rings (SSSR count). The number of hydrogen-bond acceptors (Lipinski definition) is 2. The van der Waals surface area contributed by atoms with Crippen molar-refractivity contribution in [3.05, 3.63) is 48.0 Å². The Bertz CT molecular complexity index is 542. The average Bonchev–Trinajstić information content (AvgIpc) is 3.22. The van der Waals surface area contributed by atoms with E-state index in [9.17, 15) is 5.11 Å². The summed E-state index contributed by atoms with van der Waals surface area (Å²) in [6, 6.07) is 14.2. The van der Waals surface area contributed by atoms with Gasteiger partial charge in [-0.25, -0.2) is 0 Å². The van der Waals surface area contributed by atoms with E-state index < -0.39 is 5.60 Å². The third kappa shape index (κ3) is 1.65. The highest BCUT2D eigenvalue weighted by molar-refractivity contribution is 5.86. The van der Waals surface area contributed by atoms with Crippen LogP contribution in [0.1, 0.15) is 18.4 Å². The van der Waals surface area contributed by atoms with Crippen molar-refractivity contribution in [2.24, 2.45) is 11.7 Å². The Hall–Kier alpha value is -1.38. The maximum Gasteiger partial charge on any atom is 0.105 e. The van der Waals surface area contributed by atoms with Crippen molar-refractivity contribution < 1.29 is 5.11 Å². The Kier molecular flexibility index (Phi) is 2.42. The molecule has 0 aromatic heterocycles. The van der Waals surface area contributed by atoms with Crippen molar-refractivity contribution in [3.8, 4) is 0 Å². The molecule has 88 valence electrons. The van der Waals surface area contributed by atoms with E-state index in [1.807, 2.05) is 24.3 Å². The Balaban J connectivity index is 2.22. The van der Waals surface area contributed by atoms with E-state index >= 15 is 0 Å². The predicted octanol–water partition coefficient (Wildman–Crippen LogP) is 2.40. The van der Waals surface area contributed by atoms with Crippen molar-refractivity contribution in [1.82, 2.24) is 0 Å². The van der Waals surface area contributed by atoms with Gasteiger partial charge >= 0.3 is 0 Å². The molecule has 2 aromatic rings. The molecular weight excluding hydrogens is 210 g/mol. The predicted molar refractivity (Wildman–Crippen MR) is 69.6 cm³/mol. The van der Waals surface area contributed by atoms with E-state index in [-0.39, 0.29) is 0 Å². The average molecular weight is 227 g/mol. The molecule has 0 heterocycles. The summed E-state index contributed by atoms with van der Waals surface area (Å²) in [5.74, 6) is 0.332. The number of hydrogen-bond donors (Lipinski definition) is 2. The minimum Gasteiger partial charge on any atom is -0.384 e. The van der Waals surface area contributed by atoms with Gasteiger partial charge in [-0.2, -0.15) is 0 Å². The summed E-state index contributed by atoms with van der Waals surface area (Å²) in [5.41, 5.74) is 5.96. The lowest BCUT2D eigenvalue weighted by Gasteiger charge is -2.28. The fraction of sp³-hybridized carbons (Fsp3) is 0.333. The molecule has 1 atom stereocenters. The minimum absolute atomic E-state index is 0.297. The molecule has 1 fully saturated rings. The first-order valence-electron chi connectivity index (χ1n) is 6.16. The van der Waals surface area contributed by atoms with Gasteiger partial charge < -0.3 is 10.8 Å². The van der Waals surface area contributed by atoms with Gasteiger partial charge in [0.1, 0.15) is 5.60 Å². The van der Waals surface area contributed by atoms with E-state index in [0.29, 0.717) is 12.5 Å². The summed E-state index contributed by atoms with van der Waals surface area (Å²) in [6.07, 6.45) is 2.16. The molecule has 0 spiro atoms. The molecule has 1 unspecified atom stereocenters. The van der Waals surface area contributed by atoms with Gasteiger partial charge in [-0.15, -0.1) is 0 Å². The Morgan fingerprint density at radius 3 is 2.53 bits per heavy atom. The van der Waals surface area contributed by atoms with Crippen LogP contribution in [0.2, 0.25) is 0 Å². The normalized spacial score (nSPS) is 19.2. The smallest absolute Gasteiger partial charge is 0.105 e. The van der Waals surface area contributed by atoms with E-state index in [1.165, 1.54) is 0 Å². The fourth-order valence-electron chi connectivity index (χ4n) is 2.66. The quantitative estimate of drug-likeness (QED) is 0.845. The number of nitrogens with two attached hydrogens (primary N) is 1. The van der Waals surface area contributed by atoms with Crippen molar-refractivity contribution in [2.75, 3.05) is 6.54 Å². The summed E-state index contributed by atoms with van der Waals surface area (Å²) < 4.78 is 0. The van der Waals surface area contributed by atoms with Crippen LogP contribution in [-0.2, 0) is 5.60 Å². The fourth-order valence-corrected chi connectivity index (χ4v) is 2.66.